The van der Waals surface area contributed by atoms with Crippen molar-refractivity contribution in [3.63, 3.8) is 0 Å². The van der Waals surface area contributed by atoms with E-state index in [1.165, 1.54) is 11.1 Å². The van der Waals surface area contributed by atoms with Crippen molar-refractivity contribution in [3.05, 3.63) is 29.3 Å². The van der Waals surface area contributed by atoms with Gasteiger partial charge in [0.05, 0.1) is 6.61 Å². The molecule has 5 aliphatic rings. The van der Waals surface area contributed by atoms with E-state index in [-0.39, 0.29) is 17.6 Å². The third-order valence-electron chi connectivity index (χ3n) is 8.09. The summed E-state index contributed by atoms with van der Waals surface area (Å²) in [5.41, 5.74) is 2.54. The Bertz CT molecular complexity index is 851. The number of hydrogen-bond donors (Lipinski definition) is 5. The molecule has 5 N–H and O–H groups in total. The Morgan fingerprint density at radius 3 is 2.81 bits per heavy atom. The van der Waals surface area contributed by atoms with E-state index in [0.717, 1.165) is 38.0 Å². The van der Waals surface area contributed by atoms with Crippen LogP contribution in [0.5, 0.6) is 5.75 Å². The first kappa shape index (κ1) is 20.3. The Balaban J connectivity index is 1.25. The zero-order valence-corrected chi connectivity index (χ0v) is 17.1. The van der Waals surface area contributed by atoms with Gasteiger partial charge in [0.1, 0.15) is 42.4 Å². The number of rotatable bonds is 4. The van der Waals surface area contributed by atoms with E-state index in [9.17, 15) is 20.4 Å². The second-order valence-corrected chi connectivity index (χ2v) is 9.50. The molecule has 170 valence electrons. The van der Waals surface area contributed by atoms with Gasteiger partial charge >= 0.3 is 0 Å². The molecule has 3 heterocycles. The number of benzene rings is 1. The van der Waals surface area contributed by atoms with Crippen LogP contribution in [-0.4, -0.2) is 82.5 Å². The second kappa shape index (κ2) is 7.36. The van der Waals surface area contributed by atoms with Crippen molar-refractivity contribution in [2.75, 3.05) is 13.2 Å². The molecule has 3 unspecified atom stereocenters. The van der Waals surface area contributed by atoms with Gasteiger partial charge in [-0.15, -0.1) is 0 Å². The average Bonchev–Trinajstić information content (AvgIpc) is 3.11. The number of aliphatic hydroxyl groups is 4. The van der Waals surface area contributed by atoms with Gasteiger partial charge in [0.2, 0.25) is 6.29 Å². The van der Waals surface area contributed by atoms with Crippen molar-refractivity contribution in [2.24, 2.45) is 5.92 Å². The summed E-state index contributed by atoms with van der Waals surface area (Å²) in [6, 6.07) is 6.68. The van der Waals surface area contributed by atoms with Gasteiger partial charge in [-0.25, -0.2) is 9.78 Å². The lowest BCUT2D eigenvalue weighted by Crippen LogP contribution is -2.66. The van der Waals surface area contributed by atoms with Crippen LogP contribution in [0.1, 0.15) is 30.4 Å². The zero-order chi connectivity index (χ0) is 21.3. The van der Waals surface area contributed by atoms with Crippen LogP contribution in [0.15, 0.2) is 18.2 Å². The van der Waals surface area contributed by atoms with Gasteiger partial charge in [-0.1, -0.05) is 12.1 Å². The van der Waals surface area contributed by atoms with Crippen molar-refractivity contribution in [1.29, 1.82) is 0 Å². The fourth-order valence-electron chi connectivity index (χ4n) is 6.76. The molecular formula is C22H29NO8. The minimum atomic E-state index is -1.51. The molecule has 2 aliphatic carbocycles. The molecule has 0 radical (unpaired) electrons. The van der Waals surface area contributed by atoms with Crippen LogP contribution in [0.25, 0.3) is 0 Å². The molecule has 1 aromatic rings. The predicted octanol–water partition coefficient (Wildman–Crippen LogP) is -0.870. The van der Waals surface area contributed by atoms with Crippen LogP contribution >= 0.6 is 0 Å². The van der Waals surface area contributed by atoms with E-state index in [0.29, 0.717) is 12.0 Å². The highest BCUT2D eigenvalue weighted by Gasteiger charge is 2.64. The molecule has 9 nitrogen and oxygen atoms in total. The lowest BCUT2D eigenvalue weighted by molar-refractivity contribution is -0.448. The summed E-state index contributed by atoms with van der Waals surface area (Å²) in [6.07, 6.45) is -3.72. The van der Waals surface area contributed by atoms with Gasteiger partial charge < -0.3 is 35.2 Å². The first-order chi connectivity index (χ1) is 15.0. The highest BCUT2D eigenvalue weighted by Crippen LogP contribution is 2.61. The highest BCUT2D eigenvalue weighted by molar-refractivity contribution is 5.55. The van der Waals surface area contributed by atoms with E-state index in [1.54, 1.807) is 0 Å². The van der Waals surface area contributed by atoms with Gasteiger partial charge in [-0.3, -0.25) is 0 Å². The lowest BCUT2D eigenvalue weighted by atomic mass is 9.52. The summed E-state index contributed by atoms with van der Waals surface area (Å²) in [4.78, 5) is 11.3. The molecule has 1 saturated carbocycles. The number of hydrogen-bond acceptors (Lipinski definition) is 9. The molecule has 2 saturated heterocycles. The first-order valence-electron chi connectivity index (χ1n) is 11.2. The van der Waals surface area contributed by atoms with Crippen LogP contribution in [0.4, 0.5) is 0 Å². The average molecular weight is 435 g/mol. The van der Waals surface area contributed by atoms with Gasteiger partial charge in [0.25, 0.3) is 0 Å². The predicted molar refractivity (Wildman–Crippen MR) is 105 cm³/mol. The van der Waals surface area contributed by atoms with Crippen molar-refractivity contribution >= 4 is 0 Å². The van der Waals surface area contributed by atoms with Crippen LogP contribution in [0.3, 0.4) is 0 Å². The van der Waals surface area contributed by atoms with Crippen molar-refractivity contribution in [3.8, 4) is 5.75 Å². The SMILES string of the molecule is OC[C@H]1OC(OOC2CC[C@H]3[C@H]4Cc5cccc6c5[C@@]3(CCN4)C2O6)[C@H](O)[C@@H](O)[C@@H]1O. The number of nitrogens with one attached hydrogen (secondary N) is 1. The second-order valence-electron chi connectivity index (χ2n) is 9.50. The van der Waals surface area contributed by atoms with Crippen LogP contribution in [-0.2, 0) is 26.3 Å². The molecule has 3 fully saturated rings. The molecule has 0 amide bonds. The summed E-state index contributed by atoms with van der Waals surface area (Å²) >= 11 is 0. The minimum absolute atomic E-state index is 0.123. The smallest absolute Gasteiger partial charge is 0.220 e. The third-order valence-corrected chi connectivity index (χ3v) is 8.09. The fraction of sp³-hybridized carbons (Fsp3) is 0.727. The van der Waals surface area contributed by atoms with E-state index in [2.05, 4.69) is 11.4 Å². The van der Waals surface area contributed by atoms with E-state index in [1.807, 2.05) is 12.1 Å². The molecule has 1 spiro atoms. The Kier molecular flexibility index (Phi) is 4.82. The van der Waals surface area contributed by atoms with Gasteiger partial charge in [-0.2, -0.15) is 0 Å². The Morgan fingerprint density at radius 2 is 1.97 bits per heavy atom. The van der Waals surface area contributed by atoms with Gasteiger partial charge in [-0.05, 0) is 49.8 Å². The Morgan fingerprint density at radius 1 is 1.10 bits per heavy atom. The van der Waals surface area contributed by atoms with Crippen molar-refractivity contribution < 1.29 is 39.7 Å². The summed E-state index contributed by atoms with van der Waals surface area (Å²) < 4.78 is 11.9. The molecule has 3 aliphatic heterocycles. The summed E-state index contributed by atoms with van der Waals surface area (Å²) in [6.45, 7) is 0.409. The maximum absolute atomic E-state index is 10.2. The number of ether oxygens (including phenoxy) is 2. The standard InChI is InChI=1S/C22H29NO8/c24-9-15-17(25)18(26)19(27)21(29-15)31-30-14-5-4-11-12-8-10-2-1-3-13-16(10)22(11,6-7-23-12)20(14)28-13/h1-3,11-12,14-15,17-21,23-27H,4-9H2/t11-,12+,14?,15+,17+,18-,19+,20?,21?,22-/m0/s1. The summed E-state index contributed by atoms with van der Waals surface area (Å²) in [5, 5.41) is 43.3. The summed E-state index contributed by atoms with van der Waals surface area (Å²) in [7, 11) is 0. The molecule has 6 rings (SSSR count). The number of aliphatic hydroxyl groups excluding tert-OH is 4. The first-order valence-corrected chi connectivity index (χ1v) is 11.2. The van der Waals surface area contributed by atoms with Crippen LogP contribution < -0.4 is 10.1 Å². The molecular weight excluding hydrogens is 406 g/mol. The van der Waals surface area contributed by atoms with Crippen LogP contribution in [0.2, 0.25) is 0 Å². The largest absolute Gasteiger partial charge is 0.486 e. The van der Waals surface area contributed by atoms with Gasteiger partial charge in [0, 0.05) is 17.0 Å². The maximum atomic E-state index is 10.2. The monoisotopic (exact) mass is 435 g/mol. The van der Waals surface area contributed by atoms with Crippen molar-refractivity contribution in [1.82, 2.24) is 5.32 Å². The topological polar surface area (TPSA) is 130 Å². The fourth-order valence-corrected chi connectivity index (χ4v) is 6.76. The van der Waals surface area contributed by atoms with E-state index >= 15 is 0 Å². The summed E-state index contributed by atoms with van der Waals surface area (Å²) in [5.74, 6) is 1.39. The minimum Gasteiger partial charge on any atom is -0.486 e. The molecule has 2 bridgehead atoms. The zero-order valence-electron chi connectivity index (χ0n) is 17.1. The molecule has 10 atom stereocenters. The van der Waals surface area contributed by atoms with Crippen molar-refractivity contribution in [2.45, 2.75) is 80.1 Å². The highest BCUT2D eigenvalue weighted by atomic mass is 17.2. The molecule has 0 aromatic heterocycles. The van der Waals surface area contributed by atoms with E-state index in [4.69, 9.17) is 19.2 Å². The quantitative estimate of drug-likeness (QED) is 0.303. The van der Waals surface area contributed by atoms with Gasteiger partial charge in [0.15, 0.2) is 0 Å². The van der Waals surface area contributed by atoms with E-state index < -0.39 is 37.3 Å². The molecule has 9 heteroatoms. The van der Waals surface area contributed by atoms with Crippen LogP contribution in [0, 0.1) is 5.92 Å². The maximum Gasteiger partial charge on any atom is 0.220 e. The Labute approximate surface area is 179 Å². The molecule has 31 heavy (non-hydrogen) atoms. The lowest BCUT2D eigenvalue weighted by Gasteiger charge is -2.56. The third kappa shape index (κ3) is 2.79. The normalized spacial score (nSPS) is 47.5. The Hall–Kier alpha value is -1.30. The molecule has 1 aromatic carbocycles. The number of piperidine rings is 1.